The number of aryl methyl sites for hydroxylation is 2. The van der Waals surface area contributed by atoms with Gasteiger partial charge in [0, 0.05) is 17.8 Å². The highest BCUT2D eigenvalue weighted by atomic mass is 32.2. The largest absolute Gasteiger partial charge is 0.326 e. The number of unbranched alkanes of at least 4 members (excludes halogenated alkanes) is 1. The molecule has 0 bridgehead atoms. The molecule has 0 atom stereocenters. The average Bonchev–Trinajstić information content (AvgIpc) is 3.10. The summed E-state index contributed by atoms with van der Waals surface area (Å²) in [5, 5.41) is 5.86. The van der Waals surface area contributed by atoms with Crippen LogP contribution in [0.15, 0.2) is 40.7 Å². The van der Waals surface area contributed by atoms with Crippen LogP contribution >= 0.6 is 23.1 Å². The molecule has 0 fully saturated rings. The molecule has 3 rings (SSSR count). The number of thioether (sulfide) groups is 1. The van der Waals surface area contributed by atoms with Crippen LogP contribution in [-0.2, 0) is 9.59 Å². The third-order valence-electron chi connectivity index (χ3n) is 4.53. The molecule has 2 aromatic carbocycles. The second-order valence-corrected chi connectivity index (χ2v) is 9.20. The summed E-state index contributed by atoms with van der Waals surface area (Å²) in [6.07, 6.45) is 2.42. The highest BCUT2D eigenvalue weighted by Gasteiger charge is 2.10. The van der Waals surface area contributed by atoms with Gasteiger partial charge in [0.15, 0.2) is 4.34 Å². The van der Waals surface area contributed by atoms with Crippen LogP contribution in [0.25, 0.3) is 10.2 Å². The number of carbonyl (C=O) groups excluding carboxylic acids is 2. The molecular formula is C22H25N3O2S2. The van der Waals surface area contributed by atoms with E-state index in [-0.39, 0.29) is 11.8 Å². The third kappa shape index (κ3) is 6.05. The molecule has 2 amide bonds. The van der Waals surface area contributed by atoms with Gasteiger partial charge in [-0.1, -0.05) is 31.2 Å². The van der Waals surface area contributed by atoms with Gasteiger partial charge >= 0.3 is 0 Å². The maximum absolute atomic E-state index is 12.3. The van der Waals surface area contributed by atoms with E-state index in [4.69, 9.17) is 0 Å². The minimum Gasteiger partial charge on any atom is -0.326 e. The number of nitrogens with zero attached hydrogens (tertiary/aromatic N) is 1. The van der Waals surface area contributed by atoms with E-state index < -0.39 is 0 Å². The number of thiazole rings is 1. The standard InChI is InChI=1S/C22H25N3O2S2/c1-4-5-6-20(26)23-17-9-10-18-19(12-17)29-22(25-18)28-13-21(27)24-16-8-7-14(2)15(3)11-16/h7-12H,4-6,13H2,1-3H3,(H,23,26)(H,24,27). The Morgan fingerprint density at radius 1 is 1.00 bits per heavy atom. The number of anilines is 2. The number of amides is 2. The predicted molar refractivity (Wildman–Crippen MR) is 123 cm³/mol. The maximum atomic E-state index is 12.3. The Bertz CT molecular complexity index is 1030. The van der Waals surface area contributed by atoms with E-state index in [0.29, 0.717) is 12.2 Å². The van der Waals surface area contributed by atoms with Gasteiger partial charge in [-0.3, -0.25) is 9.59 Å². The van der Waals surface area contributed by atoms with Crippen LogP contribution in [0.3, 0.4) is 0 Å². The summed E-state index contributed by atoms with van der Waals surface area (Å²) in [7, 11) is 0. The van der Waals surface area contributed by atoms with Gasteiger partial charge in [0.25, 0.3) is 0 Å². The lowest BCUT2D eigenvalue weighted by molar-refractivity contribution is -0.116. The highest BCUT2D eigenvalue weighted by molar-refractivity contribution is 8.01. The van der Waals surface area contributed by atoms with Gasteiger partial charge in [0.1, 0.15) is 0 Å². The minimum absolute atomic E-state index is 0.0355. The molecule has 0 aliphatic carbocycles. The number of benzene rings is 2. The Morgan fingerprint density at radius 3 is 2.48 bits per heavy atom. The summed E-state index contributed by atoms with van der Waals surface area (Å²) in [5.74, 6) is 0.280. The van der Waals surface area contributed by atoms with Crippen molar-refractivity contribution in [3.63, 3.8) is 0 Å². The van der Waals surface area contributed by atoms with Crippen molar-refractivity contribution >= 4 is 56.5 Å². The van der Waals surface area contributed by atoms with Gasteiger partial charge in [-0.15, -0.1) is 11.3 Å². The van der Waals surface area contributed by atoms with E-state index in [2.05, 4.69) is 22.5 Å². The van der Waals surface area contributed by atoms with Crippen molar-refractivity contribution in [1.82, 2.24) is 4.98 Å². The SMILES string of the molecule is CCCCC(=O)Nc1ccc2nc(SCC(=O)Nc3ccc(C)c(C)c3)sc2c1. The second-order valence-electron chi connectivity index (χ2n) is 6.95. The van der Waals surface area contributed by atoms with Crippen LogP contribution in [0, 0.1) is 13.8 Å². The van der Waals surface area contributed by atoms with Crippen molar-refractivity contribution in [3.05, 3.63) is 47.5 Å². The second kappa shape index (κ2) is 9.89. The predicted octanol–water partition coefficient (Wildman–Crippen LogP) is 5.77. The lowest BCUT2D eigenvalue weighted by atomic mass is 10.1. The normalized spacial score (nSPS) is 10.9. The molecule has 0 unspecified atom stereocenters. The fourth-order valence-electron chi connectivity index (χ4n) is 2.75. The molecule has 152 valence electrons. The molecule has 0 radical (unpaired) electrons. The number of rotatable bonds is 8. The summed E-state index contributed by atoms with van der Waals surface area (Å²) in [6.45, 7) is 6.14. The van der Waals surface area contributed by atoms with Crippen molar-refractivity contribution < 1.29 is 9.59 Å². The van der Waals surface area contributed by atoms with E-state index >= 15 is 0 Å². The van der Waals surface area contributed by atoms with Crippen molar-refractivity contribution in [3.8, 4) is 0 Å². The Hall–Kier alpha value is -2.38. The van der Waals surface area contributed by atoms with Crippen molar-refractivity contribution in [1.29, 1.82) is 0 Å². The van der Waals surface area contributed by atoms with Crippen LogP contribution in [0.5, 0.6) is 0 Å². The first-order valence-corrected chi connectivity index (χ1v) is 11.4. The molecule has 0 spiro atoms. The Balaban J connectivity index is 1.58. The van der Waals surface area contributed by atoms with Crippen molar-refractivity contribution in [2.24, 2.45) is 0 Å². The molecule has 0 saturated carbocycles. The quantitative estimate of drug-likeness (QED) is 0.448. The number of hydrogen-bond acceptors (Lipinski definition) is 5. The van der Waals surface area contributed by atoms with Crippen LogP contribution < -0.4 is 10.6 Å². The Morgan fingerprint density at radius 2 is 1.72 bits per heavy atom. The highest BCUT2D eigenvalue weighted by Crippen LogP contribution is 2.31. The van der Waals surface area contributed by atoms with E-state index in [1.165, 1.54) is 28.7 Å². The summed E-state index contributed by atoms with van der Waals surface area (Å²) in [5.41, 5.74) is 4.82. The van der Waals surface area contributed by atoms with E-state index in [0.717, 1.165) is 44.3 Å². The molecular weight excluding hydrogens is 402 g/mol. The van der Waals surface area contributed by atoms with Crippen molar-refractivity contribution in [2.75, 3.05) is 16.4 Å². The molecule has 0 aliphatic heterocycles. The van der Waals surface area contributed by atoms with Crippen LogP contribution in [-0.4, -0.2) is 22.6 Å². The molecule has 3 aromatic rings. The van der Waals surface area contributed by atoms with Gasteiger partial charge in [0.05, 0.1) is 16.0 Å². The molecule has 0 aliphatic rings. The fraction of sp³-hybridized carbons (Fsp3) is 0.318. The molecule has 1 heterocycles. The first-order chi connectivity index (χ1) is 13.9. The van der Waals surface area contributed by atoms with E-state index in [1.54, 1.807) is 0 Å². The van der Waals surface area contributed by atoms with E-state index in [1.807, 2.05) is 50.2 Å². The summed E-state index contributed by atoms with van der Waals surface area (Å²) in [6, 6.07) is 11.6. The Kier molecular flexibility index (Phi) is 7.28. The monoisotopic (exact) mass is 427 g/mol. The zero-order valence-electron chi connectivity index (χ0n) is 16.9. The van der Waals surface area contributed by atoms with Crippen LogP contribution in [0.1, 0.15) is 37.3 Å². The molecule has 5 nitrogen and oxygen atoms in total. The molecule has 2 N–H and O–H groups in total. The first-order valence-electron chi connectivity index (χ1n) is 9.65. The number of nitrogens with one attached hydrogen (secondary N) is 2. The molecule has 0 saturated heterocycles. The maximum Gasteiger partial charge on any atom is 0.234 e. The fourth-order valence-corrected chi connectivity index (χ4v) is 4.66. The van der Waals surface area contributed by atoms with Crippen molar-refractivity contribution in [2.45, 2.75) is 44.4 Å². The van der Waals surface area contributed by atoms with Gasteiger partial charge < -0.3 is 10.6 Å². The summed E-state index contributed by atoms with van der Waals surface area (Å²) < 4.78 is 1.83. The van der Waals surface area contributed by atoms with Crippen LogP contribution in [0.2, 0.25) is 0 Å². The molecule has 29 heavy (non-hydrogen) atoms. The number of hydrogen-bond donors (Lipinski definition) is 2. The van der Waals surface area contributed by atoms with Gasteiger partial charge in [-0.25, -0.2) is 4.98 Å². The number of carbonyl (C=O) groups is 2. The molecule has 1 aromatic heterocycles. The average molecular weight is 428 g/mol. The van der Waals surface area contributed by atoms with Gasteiger partial charge in [0.2, 0.25) is 11.8 Å². The van der Waals surface area contributed by atoms with Gasteiger partial charge in [-0.05, 0) is 61.7 Å². The lowest BCUT2D eigenvalue weighted by Gasteiger charge is -2.06. The van der Waals surface area contributed by atoms with E-state index in [9.17, 15) is 9.59 Å². The zero-order chi connectivity index (χ0) is 20.8. The lowest BCUT2D eigenvalue weighted by Crippen LogP contribution is -2.14. The van der Waals surface area contributed by atoms with Gasteiger partial charge in [-0.2, -0.15) is 0 Å². The van der Waals surface area contributed by atoms with Crippen LogP contribution in [0.4, 0.5) is 11.4 Å². The minimum atomic E-state index is -0.0543. The third-order valence-corrected chi connectivity index (χ3v) is 6.69. The smallest absolute Gasteiger partial charge is 0.234 e. The summed E-state index contributed by atoms with van der Waals surface area (Å²) in [4.78, 5) is 28.7. The first kappa shape index (κ1) is 21.3. The number of fused-ring (bicyclic) bond motifs is 1. The topological polar surface area (TPSA) is 71.1 Å². The summed E-state index contributed by atoms with van der Waals surface area (Å²) >= 11 is 2.95. The number of aromatic nitrogens is 1. The Labute approximate surface area is 179 Å². The zero-order valence-corrected chi connectivity index (χ0v) is 18.5. The molecule has 7 heteroatoms.